The molecule has 0 aromatic heterocycles. The minimum atomic E-state index is -0.0101. The Bertz CT molecular complexity index is 484. The average Bonchev–Trinajstić information content (AvgIpc) is 2.48. The van der Waals surface area contributed by atoms with Crippen molar-refractivity contribution in [3.05, 3.63) is 32.7 Å². The van der Waals surface area contributed by atoms with Crippen LogP contribution in [0, 0.1) is 5.41 Å². The van der Waals surface area contributed by atoms with Crippen LogP contribution in [0.15, 0.2) is 27.1 Å². The van der Waals surface area contributed by atoms with Gasteiger partial charge < -0.3 is 5.32 Å². The monoisotopic (exact) mass is 465 g/mol. The van der Waals surface area contributed by atoms with E-state index < -0.39 is 0 Å². The number of carbonyl (C=O) groups excluding carboxylic acids is 1. The summed E-state index contributed by atoms with van der Waals surface area (Å²) in [4.78, 5) is 12.3. The molecule has 1 aliphatic carbocycles. The fourth-order valence-corrected chi connectivity index (χ4v) is 4.24. The van der Waals surface area contributed by atoms with E-state index in [2.05, 4.69) is 53.1 Å². The Morgan fingerprint density at radius 3 is 2.55 bits per heavy atom. The van der Waals surface area contributed by atoms with Gasteiger partial charge in [-0.15, -0.1) is 0 Å². The largest absolute Gasteiger partial charge is 0.351 e. The molecule has 5 heteroatoms. The van der Waals surface area contributed by atoms with Crippen molar-refractivity contribution in [2.24, 2.45) is 5.41 Å². The lowest BCUT2D eigenvalue weighted by Crippen LogP contribution is -2.40. The van der Waals surface area contributed by atoms with Crippen molar-refractivity contribution >= 4 is 53.7 Å². The molecule has 110 valence electrons. The van der Waals surface area contributed by atoms with Gasteiger partial charge in [-0.05, 0) is 52.4 Å². The van der Waals surface area contributed by atoms with Crippen LogP contribution in [0.4, 0.5) is 0 Å². The van der Waals surface area contributed by atoms with Gasteiger partial charge in [0.1, 0.15) is 0 Å². The zero-order valence-electron chi connectivity index (χ0n) is 11.2. The summed E-state index contributed by atoms with van der Waals surface area (Å²) in [5.41, 5.74) is 0.909. The second-order valence-electron chi connectivity index (χ2n) is 5.50. The zero-order valence-corrected chi connectivity index (χ0v) is 16.0. The molecule has 1 aliphatic rings. The van der Waals surface area contributed by atoms with Crippen LogP contribution in [-0.4, -0.2) is 17.8 Å². The third-order valence-electron chi connectivity index (χ3n) is 3.99. The molecule has 0 atom stereocenters. The third-order valence-corrected chi connectivity index (χ3v) is 6.37. The number of alkyl halides is 1. The first-order valence-corrected chi connectivity index (χ1v) is 9.56. The summed E-state index contributed by atoms with van der Waals surface area (Å²) in [5.74, 6) is -0.0101. The summed E-state index contributed by atoms with van der Waals surface area (Å²) in [5, 5.41) is 4.07. The standard InChI is InChI=1S/C15H18Br3NO/c16-9-15(6-2-1-3-7-15)10-19-14(20)12-8-11(17)4-5-13(12)18/h4-5,8H,1-3,6-7,9-10H2,(H,19,20). The molecular weight excluding hydrogens is 450 g/mol. The predicted octanol–water partition coefficient (Wildman–Crippen LogP) is 5.29. The number of rotatable bonds is 4. The smallest absolute Gasteiger partial charge is 0.252 e. The van der Waals surface area contributed by atoms with E-state index in [9.17, 15) is 4.79 Å². The van der Waals surface area contributed by atoms with E-state index in [1.807, 2.05) is 18.2 Å². The minimum absolute atomic E-state index is 0.0101. The van der Waals surface area contributed by atoms with Gasteiger partial charge in [0.05, 0.1) is 5.56 Å². The van der Waals surface area contributed by atoms with Gasteiger partial charge in [-0.2, -0.15) is 0 Å². The highest BCUT2D eigenvalue weighted by molar-refractivity contribution is 9.11. The highest BCUT2D eigenvalue weighted by Gasteiger charge is 2.31. The van der Waals surface area contributed by atoms with E-state index in [1.165, 1.54) is 32.1 Å². The van der Waals surface area contributed by atoms with Gasteiger partial charge in [0.25, 0.3) is 5.91 Å². The van der Waals surface area contributed by atoms with E-state index in [0.29, 0.717) is 5.56 Å². The quantitative estimate of drug-likeness (QED) is 0.599. The molecule has 20 heavy (non-hydrogen) atoms. The highest BCUT2D eigenvalue weighted by atomic mass is 79.9. The lowest BCUT2D eigenvalue weighted by Gasteiger charge is -2.35. The Morgan fingerprint density at radius 1 is 1.20 bits per heavy atom. The van der Waals surface area contributed by atoms with Crippen molar-refractivity contribution in [1.29, 1.82) is 0 Å². The van der Waals surface area contributed by atoms with Crippen LogP contribution in [0.2, 0.25) is 0 Å². The summed E-state index contributed by atoms with van der Waals surface area (Å²) in [6, 6.07) is 5.66. The Morgan fingerprint density at radius 2 is 1.90 bits per heavy atom. The Kier molecular flexibility index (Phi) is 6.11. The van der Waals surface area contributed by atoms with Crippen LogP contribution in [0.5, 0.6) is 0 Å². The Hall–Kier alpha value is 0.130. The number of carbonyl (C=O) groups is 1. The maximum atomic E-state index is 12.3. The molecule has 1 fully saturated rings. The van der Waals surface area contributed by atoms with Crippen LogP contribution < -0.4 is 5.32 Å². The molecule has 1 saturated carbocycles. The lowest BCUT2D eigenvalue weighted by atomic mass is 9.75. The molecule has 0 radical (unpaired) electrons. The van der Waals surface area contributed by atoms with Crippen molar-refractivity contribution in [1.82, 2.24) is 5.32 Å². The summed E-state index contributed by atoms with van der Waals surface area (Å²) >= 11 is 10.5. The van der Waals surface area contributed by atoms with E-state index in [1.54, 1.807) is 0 Å². The normalized spacial score (nSPS) is 17.8. The number of hydrogen-bond acceptors (Lipinski definition) is 1. The second-order valence-corrected chi connectivity index (χ2v) is 7.83. The SMILES string of the molecule is O=C(NCC1(CBr)CCCCC1)c1cc(Br)ccc1Br. The number of nitrogens with one attached hydrogen (secondary N) is 1. The molecule has 0 spiro atoms. The molecule has 0 bridgehead atoms. The van der Waals surface area contributed by atoms with Gasteiger partial charge in [-0.3, -0.25) is 4.79 Å². The molecule has 0 saturated heterocycles. The molecule has 1 amide bonds. The number of benzene rings is 1. The van der Waals surface area contributed by atoms with Crippen LogP contribution in [0.1, 0.15) is 42.5 Å². The van der Waals surface area contributed by atoms with Crippen LogP contribution in [-0.2, 0) is 0 Å². The third kappa shape index (κ3) is 4.08. The highest BCUT2D eigenvalue weighted by Crippen LogP contribution is 2.37. The molecule has 2 nitrogen and oxygen atoms in total. The van der Waals surface area contributed by atoms with E-state index >= 15 is 0 Å². The predicted molar refractivity (Wildman–Crippen MR) is 93.5 cm³/mol. The van der Waals surface area contributed by atoms with Gasteiger partial charge in [0.15, 0.2) is 0 Å². The van der Waals surface area contributed by atoms with E-state index in [0.717, 1.165) is 20.8 Å². The van der Waals surface area contributed by atoms with Crippen LogP contribution in [0.25, 0.3) is 0 Å². The zero-order chi connectivity index (χ0) is 14.6. The molecular formula is C15H18Br3NO. The minimum Gasteiger partial charge on any atom is -0.351 e. The first kappa shape index (κ1) is 16.5. The van der Waals surface area contributed by atoms with E-state index in [-0.39, 0.29) is 11.3 Å². The maximum absolute atomic E-state index is 12.3. The molecule has 0 heterocycles. The summed E-state index contributed by atoms with van der Waals surface area (Å²) < 4.78 is 1.74. The summed E-state index contributed by atoms with van der Waals surface area (Å²) in [6.07, 6.45) is 6.24. The van der Waals surface area contributed by atoms with Crippen molar-refractivity contribution in [3.63, 3.8) is 0 Å². The van der Waals surface area contributed by atoms with Crippen molar-refractivity contribution in [2.45, 2.75) is 32.1 Å². The Labute approximate surface area is 145 Å². The van der Waals surface area contributed by atoms with Crippen molar-refractivity contribution in [3.8, 4) is 0 Å². The average molecular weight is 468 g/mol. The van der Waals surface area contributed by atoms with E-state index in [4.69, 9.17) is 0 Å². The summed E-state index contributed by atoms with van der Waals surface area (Å²) in [6.45, 7) is 0.746. The van der Waals surface area contributed by atoms with Crippen molar-refractivity contribution < 1.29 is 4.79 Å². The molecule has 1 aromatic rings. The fourth-order valence-electron chi connectivity index (χ4n) is 2.69. The Balaban J connectivity index is 2.02. The molecule has 2 rings (SSSR count). The van der Waals surface area contributed by atoms with Gasteiger partial charge >= 0.3 is 0 Å². The van der Waals surface area contributed by atoms with Crippen LogP contribution in [0.3, 0.4) is 0 Å². The number of hydrogen-bond donors (Lipinski definition) is 1. The number of halogens is 3. The molecule has 0 unspecified atom stereocenters. The van der Waals surface area contributed by atoms with Gasteiger partial charge in [0.2, 0.25) is 0 Å². The molecule has 1 N–H and O–H groups in total. The number of amides is 1. The van der Waals surface area contributed by atoms with Crippen LogP contribution >= 0.6 is 47.8 Å². The second kappa shape index (κ2) is 7.41. The first-order chi connectivity index (χ1) is 9.56. The van der Waals surface area contributed by atoms with Gasteiger partial charge in [-0.25, -0.2) is 0 Å². The molecule has 0 aliphatic heterocycles. The topological polar surface area (TPSA) is 29.1 Å². The van der Waals surface area contributed by atoms with Crippen molar-refractivity contribution in [2.75, 3.05) is 11.9 Å². The lowest BCUT2D eigenvalue weighted by molar-refractivity contribution is 0.0921. The maximum Gasteiger partial charge on any atom is 0.252 e. The molecule has 1 aromatic carbocycles. The van der Waals surface area contributed by atoms with Gasteiger partial charge in [-0.1, -0.05) is 51.1 Å². The first-order valence-electron chi connectivity index (χ1n) is 6.86. The summed E-state index contributed by atoms with van der Waals surface area (Å²) in [7, 11) is 0. The fraction of sp³-hybridized carbons (Fsp3) is 0.533. The van der Waals surface area contributed by atoms with Gasteiger partial charge in [0, 0.05) is 20.8 Å².